The van der Waals surface area contributed by atoms with Gasteiger partial charge in [0.15, 0.2) is 5.82 Å². The summed E-state index contributed by atoms with van der Waals surface area (Å²) in [5.41, 5.74) is 3.91. The number of hydrogen-bond donors (Lipinski definition) is 2. The molecule has 0 saturated heterocycles. The Hall–Kier alpha value is -2.95. The van der Waals surface area contributed by atoms with Crippen molar-refractivity contribution in [3.63, 3.8) is 0 Å². The first-order valence-electron chi connectivity index (χ1n) is 7.59. The Morgan fingerprint density at radius 1 is 1.13 bits per heavy atom. The molecular weight excluding hydrogens is 288 g/mol. The van der Waals surface area contributed by atoms with Crippen LogP contribution in [-0.4, -0.2) is 21.1 Å². The molecule has 0 bridgehead atoms. The predicted octanol–water partition coefficient (Wildman–Crippen LogP) is 3.22. The summed E-state index contributed by atoms with van der Waals surface area (Å²) in [6, 6.07) is 13.5. The molecule has 0 aliphatic rings. The summed E-state index contributed by atoms with van der Waals surface area (Å²) in [6.07, 6.45) is 4.59. The third kappa shape index (κ3) is 3.45. The monoisotopic (exact) mass is 306 g/mol. The van der Waals surface area contributed by atoms with Crippen molar-refractivity contribution in [1.82, 2.24) is 15.2 Å². The maximum Gasteiger partial charge on any atom is 0.230 e. The molecule has 2 N–H and O–H groups in total. The molecule has 5 nitrogen and oxygen atoms in total. The van der Waals surface area contributed by atoms with Crippen LogP contribution in [-0.2, 0) is 17.6 Å². The number of rotatable bonds is 5. The maximum absolute atomic E-state index is 12.2. The highest BCUT2D eigenvalue weighted by Crippen LogP contribution is 2.26. The van der Waals surface area contributed by atoms with Gasteiger partial charge in [-0.25, -0.2) is 0 Å². The molecule has 2 aromatic heterocycles. The summed E-state index contributed by atoms with van der Waals surface area (Å²) in [5, 5.41) is 10.2. The SMILES string of the molecule is CCc1c(NC(=O)Cc2ccccc2)n[nH]c1-c1ccncc1. The van der Waals surface area contributed by atoms with Gasteiger partial charge in [0.2, 0.25) is 5.91 Å². The van der Waals surface area contributed by atoms with Crippen molar-refractivity contribution >= 4 is 11.7 Å². The molecule has 0 atom stereocenters. The molecule has 23 heavy (non-hydrogen) atoms. The number of aromatic nitrogens is 3. The van der Waals surface area contributed by atoms with Gasteiger partial charge in [0.25, 0.3) is 0 Å². The van der Waals surface area contributed by atoms with Crippen molar-refractivity contribution in [3.8, 4) is 11.3 Å². The standard InChI is InChI=1S/C18H18N4O/c1-2-15-17(14-8-10-19-11-9-14)21-22-18(15)20-16(23)12-13-6-4-3-5-7-13/h3-11H,2,12H2,1H3,(H2,20,21,22,23). The van der Waals surface area contributed by atoms with E-state index in [0.717, 1.165) is 28.8 Å². The number of carbonyl (C=O) groups is 1. The van der Waals surface area contributed by atoms with Gasteiger partial charge in [0.1, 0.15) is 0 Å². The first kappa shape index (κ1) is 15.0. The fourth-order valence-electron chi connectivity index (χ4n) is 2.53. The van der Waals surface area contributed by atoms with Crippen LogP contribution in [0.15, 0.2) is 54.9 Å². The molecule has 0 saturated carbocycles. The van der Waals surface area contributed by atoms with Gasteiger partial charge in [-0.2, -0.15) is 5.10 Å². The number of nitrogens with zero attached hydrogens (tertiary/aromatic N) is 2. The van der Waals surface area contributed by atoms with E-state index in [2.05, 4.69) is 20.5 Å². The van der Waals surface area contributed by atoms with E-state index in [1.165, 1.54) is 0 Å². The molecule has 0 spiro atoms. The zero-order valence-electron chi connectivity index (χ0n) is 12.9. The molecule has 3 rings (SSSR count). The van der Waals surface area contributed by atoms with E-state index in [0.29, 0.717) is 12.2 Å². The molecule has 0 aliphatic carbocycles. The Labute approximate surface area is 134 Å². The van der Waals surface area contributed by atoms with E-state index >= 15 is 0 Å². The lowest BCUT2D eigenvalue weighted by atomic mass is 10.1. The van der Waals surface area contributed by atoms with E-state index in [4.69, 9.17) is 0 Å². The Balaban J connectivity index is 1.78. The highest BCUT2D eigenvalue weighted by Gasteiger charge is 2.15. The van der Waals surface area contributed by atoms with Crippen LogP contribution in [0.4, 0.5) is 5.82 Å². The van der Waals surface area contributed by atoms with Gasteiger partial charge in [-0.1, -0.05) is 37.3 Å². The summed E-state index contributed by atoms with van der Waals surface area (Å²) >= 11 is 0. The van der Waals surface area contributed by atoms with Gasteiger partial charge in [-0.3, -0.25) is 14.9 Å². The number of hydrogen-bond acceptors (Lipinski definition) is 3. The van der Waals surface area contributed by atoms with E-state index in [-0.39, 0.29) is 5.91 Å². The van der Waals surface area contributed by atoms with Crippen LogP contribution in [0.2, 0.25) is 0 Å². The Bertz CT molecular complexity index is 781. The molecule has 2 heterocycles. The van der Waals surface area contributed by atoms with Crippen molar-refractivity contribution in [2.75, 3.05) is 5.32 Å². The Morgan fingerprint density at radius 3 is 2.57 bits per heavy atom. The van der Waals surface area contributed by atoms with Crippen LogP contribution in [0.5, 0.6) is 0 Å². The molecule has 0 aliphatic heterocycles. The van der Waals surface area contributed by atoms with Gasteiger partial charge >= 0.3 is 0 Å². The minimum Gasteiger partial charge on any atom is -0.309 e. The third-order valence-electron chi connectivity index (χ3n) is 3.66. The van der Waals surface area contributed by atoms with E-state index in [9.17, 15) is 4.79 Å². The molecule has 1 aromatic carbocycles. The predicted molar refractivity (Wildman–Crippen MR) is 90.0 cm³/mol. The molecule has 5 heteroatoms. The summed E-state index contributed by atoms with van der Waals surface area (Å²) in [6.45, 7) is 2.04. The van der Waals surface area contributed by atoms with Gasteiger partial charge in [-0.05, 0) is 24.1 Å². The molecule has 0 fully saturated rings. The van der Waals surface area contributed by atoms with Gasteiger partial charge in [0.05, 0.1) is 12.1 Å². The van der Waals surface area contributed by atoms with Crippen LogP contribution in [0.1, 0.15) is 18.1 Å². The zero-order chi connectivity index (χ0) is 16.1. The van der Waals surface area contributed by atoms with Crippen molar-refractivity contribution in [3.05, 3.63) is 66.0 Å². The Kier molecular flexibility index (Phi) is 4.47. The quantitative estimate of drug-likeness (QED) is 0.760. The molecule has 0 radical (unpaired) electrons. The minimum atomic E-state index is -0.0707. The minimum absolute atomic E-state index is 0.0707. The average molecular weight is 306 g/mol. The van der Waals surface area contributed by atoms with Gasteiger partial charge < -0.3 is 5.32 Å². The fourth-order valence-corrected chi connectivity index (χ4v) is 2.53. The summed E-state index contributed by atoms with van der Waals surface area (Å²) in [4.78, 5) is 16.2. The van der Waals surface area contributed by atoms with E-state index in [1.54, 1.807) is 12.4 Å². The van der Waals surface area contributed by atoms with Crippen molar-refractivity contribution < 1.29 is 4.79 Å². The number of nitrogens with one attached hydrogen (secondary N) is 2. The van der Waals surface area contributed by atoms with Crippen molar-refractivity contribution in [1.29, 1.82) is 0 Å². The molecule has 1 amide bonds. The van der Waals surface area contributed by atoms with Crippen LogP contribution in [0.25, 0.3) is 11.3 Å². The number of benzene rings is 1. The van der Waals surface area contributed by atoms with Crippen LogP contribution < -0.4 is 5.32 Å². The average Bonchev–Trinajstić information content (AvgIpc) is 2.99. The van der Waals surface area contributed by atoms with E-state index in [1.807, 2.05) is 49.4 Å². The third-order valence-corrected chi connectivity index (χ3v) is 3.66. The molecule has 0 unspecified atom stereocenters. The highest BCUT2D eigenvalue weighted by molar-refractivity contribution is 5.93. The van der Waals surface area contributed by atoms with Crippen LogP contribution in [0, 0.1) is 0 Å². The normalized spacial score (nSPS) is 10.5. The summed E-state index contributed by atoms with van der Waals surface area (Å²) < 4.78 is 0. The molecular formula is C18H18N4O. The summed E-state index contributed by atoms with van der Waals surface area (Å²) in [7, 11) is 0. The van der Waals surface area contributed by atoms with Crippen LogP contribution >= 0.6 is 0 Å². The number of anilines is 1. The number of aromatic amines is 1. The lowest BCUT2D eigenvalue weighted by Crippen LogP contribution is -2.15. The first-order valence-corrected chi connectivity index (χ1v) is 7.59. The number of carbonyl (C=O) groups excluding carboxylic acids is 1. The highest BCUT2D eigenvalue weighted by atomic mass is 16.1. The second-order valence-corrected chi connectivity index (χ2v) is 5.23. The molecule has 116 valence electrons. The maximum atomic E-state index is 12.2. The lowest BCUT2D eigenvalue weighted by molar-refractivity contribution is -0.115. The van der Waals surface area contributed by atoms with Gasteiger partial charge in [0, 0.05) is 23.5 Å². The van der Waals surface area contributed by atoms with Crippen LogP contribution in [0.3, 0.4) is 0 Å². The number of amides is 1. The van der Waals surface area contributed by atoms with Crippen molar-refractivity contribution in [2.45, 2.75) is 19.8 Å². The zero-order valence-corrected chi connectivity index (χ0v) is 12.9. The fraction of sp³-hybridized carbons (Fsp3) is 0.167. The number of pyridine rings is 1. The topological polar surface area (TPSA) is 70.7 Å². The smallest absolute Gasteiger partial charge is 0.230 e. The molecule has 3 aromatic rings. The number of H-pyrrole nitrogens is 1. The largest absolute Gasteiger partial charge is 0.309 e. The first-order chi connectivity index (χ1) is 11.3. The van der Waals surface area contributed by atoms with E-state index < -0.39 is 0 Å². The lowest BCUT2D eigenvalue weighted by Gasteiger charge is -2.06. The van der Waals surface area contributed by atoms with Crippen molar-refractivity contribution in [2.24, 2.45) is 0 Å². The summed E-state index contributed by atoms with van der Waals surface area (Å²) in [5.74, 6) is 0.527. The Morgan fingerprint density at radius 2 is 1.87 bits per heavy atom. The van der Waals surface area contributed by atoms with Gasteiger partial charge in [-0.15, -0.1) is 0 Å². The second kappa shape index (κ2) is 6.87. The second-order valence-electron chi connectivity index (χ2n) is 5.23.